The van der Waals surface area contributed by atoms with Gasteiger partial charge in [0.15, 0.2) is 0 Å². The number of hydrogen-bond donors (Lipinski definition) is 1. The number of nitrogens with zero attached hydrogens (tertiary/aromatic N) is 1. The van der Waals surface area contributed by atoms with Crippen LogP contribution in [0.1, 0.15) is 26.7 Å². The van der Waals surface area contributed by atoms with Gasteiger partial charge < -0.3 is 5.11 Å². The van der Waals surface area contributed by atoms with Gasteiger partial charge in [0.05, 0.1) is 5.92 Å². The second kappa shape index (κ2) is 7.56. The van der Waals surface area contributed by atoms with E-state index in [9.17, 15) is 4.79 Å². The van der Waals surface area contributed by atoms with Crippen LogP contribution >= 0.6 is 0 Å². The average molecular weight is 199 g/mol. The number of rotatable bonds is 8. The van der Waals surface area contributed by atoms with Crippen molar-refractivity contribution in [1.29, 1.82) is 0 Å². The fourth-order valence-corrected chi connectivity index (χ4v) is 1.29. The Morgan fingerprint density at radius 1 is 1.64 bits per heavy atom. The fourth-order valence-electron chi connectivity index (χ4n) is 1.29. The molecule has 82 valence electrons. The number of carbonyl (C=O) groups is 1. The Balaban J connectivity index is 3.93. The van der Waals surface area contributed by atoms with Gasteiger partial charge in [0.1, 0.15) is 0 Å². The van der Waals surface area contributed by atoms with Crippen molar-refractivity contribution in [2.75, 3.05) is 19.6 Å². The molecule has 0 amide bonds. The van der Waals surface area contributed by atoms with E-state index in [1.54, 1.807) is 6.92 Å². The van der Waals surface area contributed by atoms with Crippen LogP contribution in [0.4, 0.5) is 0 Å². The maximum absolute atomic E-state index is 10.7. The summed E-state index contributed by atoms with van der Waals surface area (Å²) in [4.78, 5) is 12.8. The summed E-state index contributed by atoms with van der Waals surface area (Å²) in [7, 11) is 0. The molecule has 14 heavy (non-hydrogen) atoms. The van der Waals surface area contributed by atoms with Gasteiger partial charge in [-0.3, -0.25) is 9.69 Å². The fraction of sp³-hybridized carbons (Fsp3) is 0.727. The smallest absolute Gasteiger partial charge is 0.307 e. The van der Waals surface area contributed by atoms with E-state index in [2.05, 4.69) is 18.4 Å². The minimum Gasteiger partial charge on any atom is -0.481 e. The highest BCUT2D eigenvalue weighted by molar-refractivity contribution is 5.69. The van der Waals surface area contributed by atoms with E-state index in [-0.39, 0.29) is 5.92 Å². The summed E-state index contributed by atoms with van der Waals surface area (Å²) in [6.07, 6.45) is 4.07. The van der Waals surface area contributed by atoms with E-state index in [0.29, 0.717) is 6.54 Å². The molecule has 0 fully saturated rings. The van der Waals surface area contributed by atoms with E-state index >= 15 is 0 Å². The molecule has 1 atom stereocenters. The third kappa shape index (κ3) is 5.75. The lowest BCUT2D eigenvalue weighted by atomic mass is 10.1. The summed E-state index contributed by atoms with van der Waals surface area (Å²) in [5, 5.41) is 8.77. The van der Waals surface area contributed by atoms with E-state index in [0.717, 1.165) is 25.9 Å². The van der Waals surface area contributed by atoms with Crippen LogP contribution in [0.5, 0.6) is 0 Å². The van der Waals surface area contributed by atoms with Crippen molar-refractivity contribution in [1.82, 2.24) is 4.90 Å². The number of aliphatic carboxylic acids is 1. The molecule has 0 saturated heterocycles. The first-order chi connectivity index (χ1) is 6.61. The van der Waals surface area contributed by atoms with Crippen molar-refractivity contribution >= 4 is 5.97 Å². The van der Waals surface area contributed by atoms with Crippen LogP contribution in [-0.2, 0) is 4.79 Å². The molecule has 0 aliphatic carbocycles. The summed E-state index contributed by atoms with van der Waals surface area (Å²) < 4.78 is 0. The second-order valence-electron chi connectivity index (χ2n) is 3.64. The maximum Gasteiger partial charge on any atom is 0.307 e. The zero-order chi connectivity index (χ0) is 11.0. The third-order valence-electron chi connectivity index (χ3n) is 2.17. The Bertz CT molecular complexity index is 180. The van der Waals surface area contributed by atoms with Gasteiger partial charge in [-0.15, -0.1) is 6.58 Å². The van der Waals surface area contributed by atoms with Crippen molar-refractivity contribution in [3.05, 3.63) is 12.7 Å². The third-order valence-corrected chi connectivity index (χ3v) is 2.17. The number of carboxylic acids is 1. The Hall–Kier alpha value is -0.830. The van der Waals surface area contributed by atoms with Crippen molar-refractivity contribution < 1.29 is 9.90 Å². The molecule has 0 aromatic carbocycles. The minimum atomic E-state index is -0.726. The molecule has 0 saturated carbocycles. The van der Waals surface area contributed by atoms with Crippen LogP contribution in [0.2, 0.25) is 0 Å². The van der Waals surface area contributed by atoms with Gasteiger partial charge in [0.25, 0.3) is 0 Å². The molecule has 3 nitrogen and oxygen atoms in total. The highest BCUT2D eigenvalue weighted by atomic mass is 16.4. The zero-order valence-corrected chi connectivity index (χ0v) is 9.20. The molecule has 0 heterocycles. The zero-order valence-electron chi connectivity index (χ0n) is 9.20. The van der Waals surface area contributed by atoms with Crippen LogP contribution in [0.25, 0.3) is 0 Å². The molecule has 0 aromatic heterocycles. The summed E-state index contributed by atoms with van der Waals surface area (Å²) in [6, 6.07) is 0. The summed E-state index contributed by atoms with van der Waals surface area (Å²) >= 11 is 0. The second-order valence-corrected chi connectivity index (χ2v) is 3.64. The Morgan fingerprint density at radius 3 is 2.71 bits per heavy atom. The first kappa shape index (κ1) is 13.2. The highest BCUT2D eigenvalue weighted by Crippen LogP contribution is 2.02. The largest absolute Gasteiger partial charge is 0.481 e. The van der Waals surface area contributed by atoms with Crippen molar-refractivity contribution in [2.45, 2.75) is 26.7 Å². The van der Waals surface area contributed by atoms with Crippen molar-refractivity contribution in [3.63, 3.8) is 0 Å². The first-order valence-electron chi connectivity index (χ1n) is 5.17. The summed E-state index contributed by atoms with van der Waals surface area (Å²) in [5.74, 6) is -1.03. The number of hydrogen-bond acceptors (Lipinski definition) is 2. The van der Waals surface area contributed by atoms with Gasteiger partial charge in [-0.2, -0.15) is 0 Å². The normalized spacial score (nSPS) is 12.8. The molecule has 0 aromatic rings. The Labute approximate surface area is 86.4 Å². The first-order valence-corrected chi connectivity index (χ1v) is 5.17. The molecule has 0 aliphatic heterocycles. The molecule has 0 spiro atoms. The van der Waals surface area contributed by atoms with Gasteiger partial charge in [0.2, 0.25) is 0 Å². The minimum absolute atomic E-state index is 0.299. The lowest BCUT2D eigenvalue weighted by Gasteiger charge is -2.22. The van der Waals surface area contributed by atoms with Crippen LogP contribution < -0.4 is 0 Å². The van der Waals surface area contributed by atoms with E-state index < -0.39 is 5.97 Å². The van der Waals surface area contributed by atoms with Gasteiger partial charge in [-0.25, -0.2) is 0 Å². The van der Waals surface area contributed by atoms with Gasteiger partial charge >= 0.3 is 5.97 Å². The molecular weight excluding hydrogens is 178 g/mol. The maximum atomic E-state index is 10.7. The summed E-state index contributed by atoms with van der Waals surface area (Å²) in [5.41, 5.74) is 0. The topological polar surface area (TPSA) is 40.5 Å². The molecule has 0 rings (SSSR count). The SMILES string of the molecule is C=CCN(CCCC)CC(C)C(=O)O. The van der Waals surface area contributed by atoms with E-state index in [1.807, 2.05) is 6.08 Å². The van der Waals surface area contributed by atoms with Crippen molar-refractivity contribution in [3.8, 4) is 0 Å². The summed E-state index contributed by atoms with van der Waals surface area (Å²) in [6.45, 7) is 9.89. The molecule has 0 bridgehead atoms. The van der Waals surface area contributed by atoms with Crippen LogP contribution in [0.15, 0.2) is 12.7 Å². The van der Waals surface area contributed by atoms with Gasteiger partial charge in [-0.1, -0.05) is 26.3 Å². The quantitative estimate of drug-likeness (QED) is 0.608. The van der Waals surface area contributed by atoms with Gasteiger partial charge in [0, 0.05) is 13.1 Å². The van der Waals surface area contributed by atoms with Crippen LogP contribution in [0.3, 0.4) is 0 Å². The highest BCUT2D eigenvalue weighted by Gasteiger charge is 2.14. The monoisotopic (exact) mass is 199 g/mol. The standard InChI is InChI=1S/C11H21NO2/c1-4-6-8-12(7-5-2)9-10(3)11(13)14/h5,10H,2,4,6-9H2,1,3H3,(H,13,14). The lowest BCUT2D eigenvalue weighted by Crippen LogP contribution is -2.32. The molecule has 3 heteroatoms. The average Bonchev–Trinajstić information content (AvgIpc) is 2.14. The lowest BCUT2D eigenvalue weighted by molar-refractivity contribution is -0.141. The van der Waals surface area contributed by atoms with Crippen molar-refractivity contribution in [2.24, 2.45) is 5.92 Å². The van der Waals surface area contributed by atoms with Crippen LogP contribution in [-0.4, -0.2) is 35.6 Å². The predicted octanol–water partition coefficient (Wildman–Crippen LogP) is 2.00. The number of carboxylic acid groups (broad SMARTS) is 1. The Kier molecular flexibility index (Phi) is 7.11. The van der Waals surface area contributed by atoms with Gasteiger partial charge in [-0.05, 0) is 13.0 Å². The number of unbranched alkanes of at least 4 members (excludes halogenated alkanes) is 1. The molecule has 0 radical (unpaired) electrons. The van der Waals surface area contributed by atoms with E-state index in [4.69, 9.17) is 5.11 Å². The van der Waals surface area contributed by atoms with Crippen LogP contribution in [0, 0.1) is 5.92 Å². The predicted molar refractivity (Wildman–Crippen MR) is 58.3 cm³/mol. The molecule has 0 aliphatic rings. The molecular formula is C11H21NO2. The van der Waals surface area contributed by atoms with E-state index in [1.165, 1.54) is 0 Å². The molecule has 1 N–H and O–H groups in total. The molecule has 1 unspecified atom stereocenters. The Morgan fingerprint density at radius 2 is 2.29 bits per heavy atom.